The molecule has 0 radical (unpaired) electrons. The SMILES string of the molecule is CCn1nc(C)cc1CC(O)c1ccc(Br)cc1OC. The molecule has 5 heteroatoms. The molecule has 0 fully saturated rings. The van der Waals surface area contributed by atoms with Crippen LogP contribution in [0.15, 0.2) is 28.7 Å². The number of rotatable bonds is 5. The molecular formula is C15H19BrN2O2. The van der Waals surface area contributed by atoms with Crippen molar-refractivity contribution in [2.45, 2.75) is 32.9 Å². The van der Waals surface area contributed by atoms with Crippen LogP contribution < -0.4 is 4.74 Å². The molecule has 1 N–H and O–H groups in total. The number of benzene rings is 1. The largest absolute Gasteiger partial charge is 0.496 e. The number of nitrogens with zero attached hydrogens (tertiary/aromatic N) is 2. The average molecular weight is 339 g/mol. The van der Waals surface area contributed by atoms with Gasteiger partial charge in [-0.1, -0.05) is 22.0 Å². The number of ether oxygens (including phenoxy) is 1. The number of halogens is 1. The highest BCUT2D eigenvalue weighted by Gasteiger charge is 2.16. The van der Waals surface area contributed by atoms with Crippen LogP contribution in [0.2, 0.25) is 0 Å². The van der Waals surface area contributed by atoms with Gasteiger partial charge in [-0.25, -0.2) is 0 Å². The summed E-state index contributed by atoms with van der Waals surface area (Å²) in [6.07, 6.45) is -0.0911. The first-order valence-corrected chi connectivity index (χ1v) is 7.39. The van der Waals surface area contributed by atoms with Crippen LogP contribution in [-0.4, -0.2) is 22.0 Å². The van der Waals surface area contributed by atoms with Crippen molar-refractivity contribution in [1.82, 2.24) is 9.78 Å². The van der Waals surface area contributed by atoms with Crippen molar-refractivity contribution in [3.8, 4) is 5.75 Å². The molecule has 2 rings (SSSR count). The van der Waals surface area contributed by atoms with E-state index in [1.807, 2.05) is 42.8 Å². The zero-order valence-corrected chi connectivity index (χ0v) is 13.5. The maximum absolute atomic E-state index is 10.5. The molecule has 1 unspecified atom stereocenters. The Morgan fingerprint density at radius 2 is 2.15 bits per heavy atom. The Bertz CT molecular complexity index is 596. The summed E-state index contributed by atoms with van der Waals surface area (Å²) < 4.78 is 8.19. The van der Waals surface area contributed by atoms with Crippen LogP contribution in [-0.2, 0) is 13.0 Å². The zero-order chi connectivity index (χ0) is 14.7. The molecule has 0 saturated heterocycles. The first kappa shape index (κ1) is 15.1. The molecule has 1 heterocycles. The lowest BCUT2D eigenvalue weighted by Gasteiger charge is -2.15. The van der Waals surface area contributed by atoms with Gasteiger partial charge in [0.15, 0.2) is 0 Å². The summed E-state index contributed by atoms with van der Waals surface area (Å²) in [6.45, 7) is 4.80. The summed E-state index contributed by atoms with van der Waals surface area (Å²) in [5, 5.41) is 14.9. The smallest absolute Gasteiger partial charge is 0.125 e. The number of aliphatic hydroxyl groups excluding tert-OH is 1. The molecule has 0 saturated carbocycles. The van der Waals surface area contributed by atoms with Crippen molar-refractivity contribution >= 4 is 15.9 Å². The maximum Gasteiger partial charge on any atom is 0.125 e. The lowest BCUT2D eigenvalue weighted by molar-refractivity contribution is 0.171. The molecule has 0 spiro atoms. The van der Waals surface area contributed by atoms with Gasteiger partial charge >= 0.3 is 0 Å². The van der Waals surface area contributed by atoms with Crippen molar-refractivity contribution in [2.75, 3.05) is 7.11 Å². The third-order valence-electron chi connectivity index (χ3n) is 3.24. The fourth-order valence-corrected chi connectivity index (χ4v) is 2.65. The topological polar surface area (TPSA) is 47.3 Å². The highest BCUT2D eigenvalue weighted by molar-refractivity contribution is 9.10. The van der Waals surface area contributed by atoms with E-state index in [1.165, 1.54) is 0 Å². The molecule has 20 heavy (non-hydrogen) atoms. The number of hydrogen-bond donors (Lipinski definition) is 1. The number of aromatic nitrogens is 2. The van der Waals surface area contributed by atoms with Crippen LogP contribution in [0, 0.1) is 6.92 Å². The lowest BCUT2D eigenvalue weighted by Crippen LogP contribution is -2.09. The van der Waals surface area contributed by atoms with Gasteiger partial charge in [-0.3, -0.25) is 4.68 Å². The molecule has 1 aromatic heterocycles. The zero-order valence-electron chi connectivity index (χ0n) is 11.9. The molecule has 0 bridgehead atoms. The Morgan fingerprint density at radius 1 is 1.40 bits per heavy atom. The molecule has 108 valence electrons. The van der Waals surface area contributed by atoms with Gasteiger partial charge in [0, 0.05) is 28.7 Å². The Kier molecular flexibility index (Phi) is 4.83. The van der Waals surface area contributed by atoms with E-state index in [4.69, 9.17) is 4.74 Å². The first-order valence-electron chi connectivity index (χ1n) is 6.60. The fraction of sp³-hybridized carbons (Fsp3) is 0.400. The third kappa shape index (κ3) is 3.22. The molecule has 2 aromatic rings. The Hall–Kier alpha value is -1.33. The minimum atomic E-state index is -0.612. The monoisotopic (exact) mass is 338 g/mol. The molecular weight excluding hydrogens is 320 g/mol. The van der Waals surface area contributed by atoms with Crippen LogP contribution in [0.4, 0.5) is 0 Å². The Balaban J connectivity index is 2.25. The first-order chi connectivity index (χ1) is 9.55. The number of aliphatic hydroxyl groups is 1. The number of aryl methyl sites for hydroxylation is 2. The van der Waals surface area contributed by atoms with Crippen LogP contribution in [0.25, 0.3) is 0 Å². The number of hydrogen-bond acceptors (Lipinski definition) is 3. The van der Waals surface area contributed by atoms with Gasteiger partial charge in [0.25, 0.3) is 0 Å². The predicted octanol–water partition coefficient (Wildman–Crippen LogP) is 3.26. The van der Waals surface area contributed by atoms with Crippen LogP contribution >= 0.6 is 15.9 Å². The summed E-state index contributed by atoms with van der Waals surface area (Å²) in [5.41, 5.74) is 2.79. The van der Waals surface area contributed by atoms with Gasteiger partial charge in [-0.2, -0.15) is 5.10 Å². The minimum absolute atomic E-state index is 0.521. The quantitative estimate of drug-likeness (QED) is 0.910. The van der Waals surface area contributed by atoms with E-state index in [-0.39, 0.29) is 0 Å². The van der Waals surface area contributed by atoms with E-state index in [1.54, 1.807) is 7.11 Å². The average Bonchev–Trinajstić information content (AvgIpc) is 2.78. The predicted molar refractivity (Wildman–Crippen MR) is 82.0 cm³/mol. The fourth-order valence-electron chi connectivity index (χ4n) is 2.31. The minimum Gasteiger partial charge on any atom is -0.496 e. The van der Waals surface area contributed by atoms with E-state index in [9.17, 15) is 5.11 Å². The molecule has 4 nitrogen and oxygen atoms in total. The van der Waals surface area contributed by atoms with E-state index in [2.05, 4.69) is 21.0 Å². The molecule has 1 aromatic carbocycles. The van der Waals surface area contributed by atoms with Crippen molar-refractivity contribution < 1.29 is 9.84 Å². The van der Waals surface area contributed by atoms with E-state index in [0.717, 1.165) is 28.0 Å². The van der Waals surface area contributed by atoms with Gasteiger partial charge < -0.3 is 9.84 Å². The summed E-state index contributed by atoms with van der Waals surface area (Å²) in [4.78, 5) is 0. The second-order valence-electron chi connectivity index (χ2n) is 4.70. The van der Waals surface area contributed by atoms with Gasteiger partial charge in [0.1, 0.15) is 5.75 Å². The number of methoxy groups -OCH3 is 1. The second kappa shape index (κ2) is 6.41. The second-order valence-corrected chi connectivity index (χ2v) is 5.61. The van der Waals surface area contributed by atoms with E-state index < -0.39 is 6.10 Å². The van der Waals surface area contributed by atoms with E-state index >= 15 is 0 Å². The summed E-state index contributed by atoms with van der Waals surface area (Å²) >= 11 is 3.40. The summed E-state index contributed by atoms with van der Waals surface area (Å²) in [7, 11) is 1.61. The molecule has 0 aliphatic heterocycles. The van der Waals surface area contributed by atoms with Crippen molar-refractivity contribution in [1.29, 1.82) is 0 Å². The van der Waals surface area contributed by atoms with Crippen molar-refractivity contribution in [3.05, 3.63) is 45.7 Å². The van der Waals surface area contributed by atoms with Crippen molar-refractivity contribution in [3.63, 3.8) is 0 Å². The maximum atomic E-state index is 10.5. The van der Waals surface area contributed by atoms with Gasteiger partial charge in [-0.15, -0.1) is 0 Å². The molecule has 0 aliphatic rings. The van der Waals surface area contributed by atoms with Gasteiger partial charge in [0.2, 0.25) is 0 Å². The highest BCUT2D eigenvalue weighted by Crippen LogP contribution is 2.30. The standard InChI is InChI=1S/C15H19BrN2O2/c1-4-18-12(7-10(2)17-18)9-14(19)13-6-5-11(16)8-15(13)20-3/h5-8,14,19H,4,9H2,1-3H3. The third-order valence-corrected chi connectivity index (χ3v) is 3.74. The van der Waals surface area contributed by atoms with Crippen LogP contribution in [0.1, 0.15) is 30.0 Å². The van der Waals surface area contributed by atoms with Crippen molar-refractivity contribution in [2.24, 2.45) is 0 Å². The Morgan fingerprint density at radius 3 is 2.80 bits per heavy atom. The lowest BCUT2D eigenvalue weighted by atomic mass is 10.0. The van der Waals surface area contributed by atoms with Crippen LogP contribution in [0.5, 0.6) is 5.75 Å². The van der Waals surface area contributed by atoms with Gasteiger partial charge in [-0.05, 0) is 32.0 Å². The molecule has 0 aliphatic carbocycles. The summed E-state index contributed by atoms with van der Waals surface area (Å²) in [6, 6.07) is 7.66. The molecule has 0 amide bonds. The normalized spacial score (nSPS) is 12.4. The molecule has 1 atom stereocenters. The van der Waals surface area contributed by atoms with E-state index in [0.29, 0.717) is 12.2 Å². The van der Waals surface area contributed by atoms with Gasteiger partial charge in [0.05, 0.1) is 18.9 Å². The Labute approximate surface area is 127 Å². The van der Waals surface area contributed by atoms with Crippen LogP contribution in [0.3, 0.4) is 0 Å². The summed E-state index contributed by atoms with van der Waals surface area (Å²) in [5.74, 6) is 0.686. The highest BCUT2D eigenvalue weighted by atomic mass is 79.9.